The summed E-state index contributed by atoms with van der Waals surface area (Å²) < 4.78 is 6.80. The highest BCUT2D eigenvalue weighted by Gasteiger charge is 2.24. The standard InChI is InChI=1S/C17H14ClN5O6/c1-9-7-11(22(25)26)3-5-13(9)19-17(24)14-6-4-12(29-14)8-21-10(2)15(18)16(20-21)23(27)28/h3-7H,8H2,1-2H3,(H,19,24). The van der Waals surface area contributed by atoms with E-state index in [0.29, 0.717) is 22.7 Å². The van der Waals surface area contributed by atoms with Crippen LogP contribution >= 0.6 is 11.6 Å². The van der Waals surface area contributed by atoms with Crippen LogP contribution in [0.5, 0.6) is 0 Å². The maximum Gasteiger partial charge on any atom is 0.408 e. The number of halogens is 1. The summed E-state index contributed by atoms with van der Waals surface area (Å²) in [5.41, 5.74) is 1.24. The van der Waals surface area contributed by atoms with Crippen LogP contribution in [0.2, 0.25) is 5.02 Å². The predicted molar refractivity (Wildman–Crippen MR) is 102 cm³/mol. The van der Waals surface area contributed by atoms with Crippen LogP contribution in [0.15, 0.2) is 34.7 Å². The molecule has 1 N–H and O–H groups in total. The SMILES string of the molecule is Cc1cc([N+](=O)[O-])ccc1NC(=O)c1ccc(Cn2nc([N+](=O)[O-])c(Cl)c2C)o1. The largest absolute Gasteiger partial charge is 0.454 e. The molecule has 3 aromatic rings. The van der Waals surface area contributed by atoms with Crippen molar-refractivity contribution < 1.29 is 19.1 Å². The van der Waals surface area contributed by atoms with Crippen LogP contribution < -0.4 is 5.32 Å². The van der Waals surface area contributed by atoms with E-state index in [2.05, 4.69) is 10.4 Å². The monoisotopic (exact) mass is 419 g/mol. The number of nitro groups is 2. The molecule has 2 aromatic heterocycles. The third-order valence-electron chi connectivity index (χ3n) is 4.15. The summed E-state index contributed by atoms with van der Waals surface area (Å²) in [4.78, 5) is 32.9. The van der Waals surface area contributed by atoms with Crippen molar-refractivity contribution in [2.75, 3.05) is 5.32 Å². The molecule has 0 unspecified atom stereocenters. The zero-order valence-corrected chi connectivity index (χ0v) is 16.0. The van der Waals surface area contributed by atoms with E-state index in [4.69, 9.17) is 16.0 Å². The molecule has 0 atom stereocenters. The molecule has 1 aromatic carbocycles. The Labute approximate surface area is 168 Å². The molecule has 0 aliphatic heterocycles. The lowest BCUT2D eigenvalue weighted by molar-refractivity contribution is -0.389. The Kier molecular flexibility index (Phi) is 5.33. The number of hydrogen-bond acceptors (Lipinski definition) is 7. The first-order chi connectivity index (χ1) is 13.7. The van der Waals surface area contributed by atoms with E-state index in [9.17, 15) is 25.0 Å². The van der Waals surface area contributed by atoms with Gasteiger partial charge in [0.05, 0.1) is 15.7 Å². The number of rotatable bonds is 6. The molecule has 0 bridgehead atoms. The highest BCUT2D eigenvalue weighted by molar-refractivity contribution is 6.33. The van der Waals surface area contributed by atoms with E-state index >= 15 is 0 Å². The fraction of sp³-hybridized carbons (Fsp3) is 0.176. The first kappa shape index (κ1) is 20.0. The molecular weight excluding hydrogens is 406 g/mol. The van der Waals surface area contributed by atoms with E-state index < -0.39 is 21.6 Å². The summed E-state index contributed by atoms with van der Waals surface area (Å²) in [7, 11) is 0. The van der Waals surface area contributed by atoms with Crippen molar-refractivity contribution in [2.45, 2.75) is 20.4 Å². The lowest BCUT2D eigenvalue weighted by atomic mass is 10.2. The Morgan fingerprint density at radius 2 is 1.93 bits per heavy atom. The molecule has 2 heterocycles. The molecule has 0 aliphatic rings. The summed E-state index contributed by atoms with van der Waals surface area (Å²) in [6.07, 6.45) is 0. The van der Waals surface area contributed by atoms with Crippen LogP contribution in [0.1, 0.15) is 27.6 Å². The zero-order valence-electron chi connectivity index (χ0n) is 15.2. The van der Waals surface area contributed by atoms with Gasteiger partial charge < -0.3 is 19.8 Å². The van der Waals surface area contributed by atoms with E-state index in [1.165, 1.54) is 28.9 Å². The zero-order chi connectivity index (χ0) is 21.3. The molecule has 11 nitrogen and oxygen atoms in total. The third-order valence-corrected chi connectivity index (χ3v) is 4.59. The maximum absolute atomic E-state index is 12.4. The maximum atomic E-state index is 12.4. The summed E-state index contributed by atoms with van der Waals surface area (Å²) in [6, 6.07) is 7.05. The van der Waals surface area contributed by atoms with Gasteiger partial charge in [-0.3, -0.25) is 14.9 Å². The Morgan fingerprint density at radius 1 is 1.21 bits per heavy atom. The van der Waals surface area contributed by atoms with Crippen molar-refractivity contribution in [3.8, 4) is 0 Å². The third kappa shape index (κ3) is 4.09. The summed E-state index contributed by atoms with van der Waals surface area (Å²) in [6.45, 7) is 3.26. The minimum atomic E-state index is -0.681. The summed E-state index contributed by atoms with van der Waals surface area (Å²) >= 11 is 5.90. The molecule has 12 heteroatoms. The van der Waals surface area contributed by atoms with Crippen LogP contribution in [0.25, 0.3) is 0 Å². The topological polar surface area (TPSA) is 146 Å². The fourth-order valence-electron chi connectivity index (χ4n) is 2.60. The average Bonchev–Trinajstić information content (AvgIpc) is 3.23. The van der Waals surface area contributed by atoms with Crippen LogP contribution in [-0.4, -0.2) is 25.5 Å². The lowest BCUT2D eigenvalue weighted by Gasteiger charge is -2.06. The number of aryl methyl sites for hydroxylation is 1. The molecule has 0 saturated carbocycles. The van der Waals surface area contributed by atoms with Gasteiger partial charge in [0.15, 0.2) is 10.8 Å². The number of nitro benzene ring substituents is 1. The average molecular weight is 420 g/mol. The van der Waals surface area contributed by atoms with Crippen molar-refractivity contribution in [3.63, 3.8) is 0 Å². The van der Waals surface area contributed by atoms with Crippen LogP contribution in [0.3, 0.4) is 0 Å². The quantitative estimate of drug-likeness (QED) is 0.471. The van der Waals surface area contributed by atoms with Gasteiger partial charge in [-0.2, -0.15) is 4.68 Å². The number of nitrogens with one attached hydrogen (secondary N) is 1. The number of anilines is 1. The first-order valence-corrected chi connectivity index (χ1v) is 8.57. The fourth-order valence-corrected chi connectivity index (χ4v) is 2.80. The molecule has 150 valence electrons. The molecule has 0 aliphatic carbocycles. The van der Waals surface area contributed by atoms with Gasteiger partial charge in [0.1, 0.15) is 12.3 Å². The van der Waals surface area contributed by atoms with Gasteiger partial charge in [-0.05, 0) is 42.5 Å². The number of aromatic nitrogens is 2. The molecular formula is C17H14ClN5O6. The Morgan fingerprint density at radius 3 is 2.52 bits per heavy atom. The second-order valence-corrected chi connectivity index (χ2v) is 6.49. The van der Waals surface area contributed by atoms with E-state index in [0.717, 1.165) is 0 Å². The number of amides is 1. The first-order valence-electron chi connectivity index (χ1n) is 8.19. The number of furan rings is 1. The molecule has 0 fully saturated rings. The van der Waals surface area contributed by atoms with Gasteiger partial charge in [-0.15, -0.1) is 0 Å². The van der Waals surface area contributed by atoms with Gasteiger partial charge in [0.2, 0.25) is 0 Å². The number of carbonyl (C=O) groups excluding carboxylic acids is 1. The van der Waals surface area contributed by atoms with Crippen molar-refractivity contribution in [2.24, 2.45) is 0 Å². The van der Waals surface area contributed by atoms with Gasteiger partial charge in [-0.1, -0.05) is 11.6 Å². The Bertz CT molecular complexity index is 1140. The second-order valence-electron chi connectivity index (χ2n) is 6.11. The minimum Gasteiger partial charge on any atom is -0.454 e. The molecule has 0 saturated heterocycles. The Hall–Kier alpha value is -3.73. The van der Waals surface area contributed by atoms with E-state index in [1.807, 2.05) is 0 Å². The minimum absolute atomic E-state index is 0.00292. The molecule has 1 amide bonds. The second kappa shape index (κ2) is 7.72. The molecule has 0 radical (unpaired) electrons. The number of nitrogens with zero attached hydrogens (tertiary/aromatic N) is 4. The Balaban J connectivity index is 1.75. The van der Waals surface area contributed by atoms with Crippen LogP contribution in [0, 0.1) is 34.1 Å². The van der Waals surface area contributed by atoms with Crippen LogP contribution in [-0.2, 0) is 6.54 Å². The van der Waals surface area contributed by atoms with Gasteiger partial charge in [0, 0.05) is 17.8 Å². The van der Waals surface area contributed by atoms with Gasteiger partial charge in [-0.25, -0.2) is 0 Å². The highest BCUT2D eigenvalue weighted by Crippen LogP contribution is 2.27. The summed E-state index contributed by atoms with van der Waals surface area (Å²) in [5, 5.41) is 28.1. The van der Waals surface area contributed by atoms with Crippen molar-refractivity contribution in [3.05, 3.63) is 78.4 Å². The van der Waals surface area contributed by atoms with Gasteiger partial charge in [0.25, 0.3) is 11.6 Å². The van der Waals surface area contributed by atoms with Crippen LogP contribution in [0.4, 0.5) is 17.2 Å². The molecule has 29 heavy (non-hydrogen) atoms. The smallest absolute Gasteiger partial charge is 0.408 e. The molecule has 0 spiro atoms. The number of benzene rings is 1. The van der Waals surface area contributed by atoms with Crippen molar-refractivity contribution >= 4 is 34.7 Å². The van der Waals surface area contributed by atoms with Crippen molar-refractivity contribution in [1.29, 1.82) is 0 Å². The predicted octanol–water partition coefficient (Wildman–Crippen LogP) is 3.86. The highest BCUT2D eigenvalue weighted by atomic mass is 35.5. The lowest BCUT2D eigenvalue weighted by Crippen LogP contribution is -2.12. The van der Waals surface area contributed by atoms with Crippen molar-refractivity contribution in [1.82, 2.24) is 9.78 Å². The normalized spacial score (nSPS) is 10.7. The van der Waals surface area contributed by atoms with Gasteiger partial charge >= 0.3 is 5.82 Å². The number of non-ortho nitro benzene ring substituents is 1. The van der Waals surface area contributed by atoms with E-state index in [1.54, 1.807) is 19.9 Å². The molecule has 3 rings (SSSR count). The number of carbonyl (C=O) groups is 1. The van der Waals surface area contributed by atoms with E-state index in [-0.39, 0.29) is 23.0 Å². The summed E-state index contributed by atoms with van der Waals surface area (Å²) in [5.74, 6) is -0.660. The number of hydrogen-bond donors (Lipinski definition) is 1.